The van der Waals surface area contributed by atoms with Crippen molar-refractivity contribution in [3.05, 3.63) is 69.5 Å². The highest BCUT2D eigenvalue weighted by Crippen LogP contribution is 2.21. The standard InChI is InChI=1S/C16H12FN3O3/c17-14-7-6-13(20(22)23)9-15(14)19-16(21)8-5-11-1-3-12(10-18)4-2-11/h1-4,6-7,9H,5,8H2,(H,19,21). The molecule has 0 atom stereocenters. The second-order valence-corrected chi connectivity index (χ2v) is 4.78. The summed E-state index contributed by atoms with van der Waals surface area (Å²) in [6.45, 7) is 0. The quantitative estimate of drug-likeness (QED) is 0.677. The molecule has 0 heterocycles. The molecular formula is C16H12FN3O3. The molecule has 2 rings (SSSR count). The van der Waals surface area contributed by atoms with Crippen molar-refractivity contribution in [1.82, 2.24) is 0 Å². The summed E-state index contributed by atoms with van der Waals surface area (Å²) in [6, 6.07) is 11.7. The van der Waals surface area contributed by atoms with Gasteiger partial charge in [0.05, 0.1) is 22.2 Å². The summed E-state index contributed by atoms with van der Waals surface area (Å²) in [5.41, 5.74) is 0.869. The van der Waals surface area contributed by atoms with Crippen LogP contribution in [-0.4, -0.2) is 10.8 Å². The number of nitriles is 1. The first-order chi connectivity index (χ1) is 11.0. The van der Waals surface area contributed by atoms with Gasteiger partial charge in [0.15, 0.2) is 0 Å². The molecule has 116 valence electrons. The van der Waals surface area contributed by atoms with E-state index < -0.39 is 16.6 Å². The van der Waals surface area contributed by atoms with Crippen molar-refractivity contribution in [3.8, 4) is 6.07 Å². The lowest BCUT2D eigenvalue weighted by Crippen LogP contribution is -2.13. The third-order valence-corrected chi connectivity index (χ3v) is 3.16. The van der Waals surface area contributed by atoms with Crippen LogP contribution in [-0.2, 0) is 11.2 Å². The number of carbonyl (C=O) groups is 1. The fraction of sp³-hybridized carbons (Fsp3) is 0.125. The number of hydrogen-bond donors (Lipinski definition) is 1. The van der Waals surface area contributed by atoms with E-state index >= 15 is 0 Å². The minimum Gasteiger partial charge on any atom is -0.323 e. The highest BCUT2D eigenvalue weighted by atomic mass is 19.1. The Morgan fingerprint density at radius 3 is 2.57 bits per heavy atom. The molecular weight excluding hydrogens is 301 g/mol. The van der Waals surface area contributed by atoms with Crippen molar-refractivity contribution in [2.75, 3.05) is 5.32 Å². The predicted octanol–water partition coefficient (Wildman–Crippen LogP) is 3.18. The van der Waals surface area contributed by atoms with Crippen LogP contribution in [0.2, 0.25) is 0 Å². The summed E-state index contributed by atoms with van der Waals surface area (Å²) in [5, 5.41) is 21.7. The van der Waals surface area contributed by atoms with Crippen LogP contribution in [0.25, 0.3) is 0 Å². The molecule has 0 saturated carbocycles. The minimum absolute atomic E-state index is 0.0913. The Kier molecular flexibility index (Phi) is 5.00. The molecule has 0 spiro atoms. The second-order valence-electron chi connectivity index (χ2n) is 4.78. The zero-order valence-corrected chi connectivity index (χ0v) is 12.0. The van der Waals surface area contributed by atoms with E-state index in [-0.39, 0.29) is 17.8 Å². The van der Waals surface area contributed by atoms with Crippen LogP contribution in [0, 0.1) is 27.3 Å². The molecule has 23 heavy (non-hydrogen) atoms. The number of anilines is 1. The van der Waals surface area contributed by atoms with Gasteiger partial charge in [0.1, 0.15) is 5.82 Å². The van der Waals surface area contributed by atoms with E-state index in [1.54, 1.807) is 24.3 Å². The monoisotopic (exact) mass is 313 g/mol. The van der Waals surface area contributed by atoms with Crippen molar-refractivity contribution in [3.63, 3.8) is 0 Å². The van der Waals surface area contributed by atoms with Gasteiger partial charge < -0.3 is 5.32 Å². The smallest absolute Gasteiger partial charge is 0.271 e. The molecule has 0 fully saturated rings. The molecule has 0 unspecified atom stereocenters. The number of hydrogen-bond acceptors (Lipinski definition) is 4. The zero-order valence-electron chi connectivity index (χ0n) is 12.0. The SMILES string of the molecule is N#Cc1ccc(CCC(=O)Nc2cc([N+](=O)[O-])ccc2F)cc1. The molecule has 0 aliphatic carbocycles. The van der Waals surface area contributed by atoms with Gasteiger partial charge in [-0.1, -0.05) is 12.1 Å². The number of rotatable bonds is 5. The van der Waals surface area contributed by atoms with E-state index in [4.69, 9.17) is 5.26 Å². The first kappa shape index (κ1) is 16.1. The molecule has 0 saturated heterocycles. The van der Waals surface area contributed by atoms with Crippen molar-refractivity contribution in [2.24, 2.45) is 0 Å². The van der Waals surface area contributed by atoms with E-state index in [1.165, 1.54) is 0 Å². The summed E-state index contributed by atoms with van der Waals surface area (Å²) in [4.78, 5) is 21.8. The number of benzene rings is 2. The van der Waals surface area contributed by atoms with Gasteiger partial charge >= 0.3 is 0 Å². The van der Waals surface area contributed by atoms with Crippen molar-refractivity contribution < 1.29 is 14.1 Å². The second kappa shape index (κ2) is 7.13. The molecule has 6 nitrogen and oxygen atoms in total. The Balaban J connectivity index is 1.98. The van der Waals surface area contributed by atoms with Crippen LogP contribution >= 0.6 is 0 Å². The number of nitrogens with one attached hydrogen (secondary N) is 1. The fourth-order valence-corrected chi connectivity index (χ4v) is 1.94. The summed E-state index contributed by atoms with van der Waals surface area (Å²) in [5.74, 6) is -1.18. The van der Waals surface area contributed by atoms with Crippen molar-refractivity contribution in [2.45, 2.75) is 12.8 Å². The van der Waals surface area contributed by atoms with E-state index in [0.717, 1.165) is 23.8 Å². The Hall–Kier alpha value is -3.27. The Morgan fingerprint density at radius 1 is 1.26 bits per heavy atom. The maximum absolute atomic E-state index is 13.6. The average molecular weight is 313 g/mol. The average Bonchev–Trinajstić information content (AvgIpc) is 2.55. The van der Waals surface area contributed by atoms with Crippen LogP contribution in [0.3, 0.4) is 0 Å². The highest BCUT2D eigenvalue weighted by molar-refractivity contribution is 5.91. The van der Waals surface area contributed by atoms with Gasteiger partial charge in [0, 0.05) is 18.6 Å². The number of non-ortho nitro benzene ring substituents is 1. The Bertz CT molecular complexity index is 782. The third kappa shape index (κ3) is 4.35. The van der Waals surface area contributed by atoms with Crippen molar-refractivity contribution >= 4 is 17.3 Å². The minimum atomic E-state index is -0.734. The summed E-state index contributed by atoms with van der Waals surface area (Å²) in [7, 11) is 0. The van der Waals surface area contributed by atoms with Crippen molar-refractivity contribution in [1.29, 1.82) is 5.26 Å². The maximum atomic E-state index is 13.6. The molecule has 1 amide bonds. The number of aryl methyl sites for hydroxylation is 1. The predicted molar refractivity (Wildman–Crippen MR) is 81.2 cm³/mol. The van der Waals surface area contributed by atoms with Gasteiger partial charge in [-0.15, -0.1) is 0 Å². The molecule has 0 aliphatic heterocycles. The molecule has 2 aromatic rings. The third-order valence-electron chi connectivity index (χ3n) is 3.16. The summed E-state index contributed by atoms with van der Waals surface area (Å²) < 4.78 is 13.6. The lowest BCUT2D eigenvalue weighted by molar-refractivity contribution is -0.384. The van der Waals surface area contributed by atoms with Crippen LogP contribution < -0.4 is 5.32 Å². The van der Waals surface area contributed by atoms with Gasteiger partial charge in [0.25, 0.3) is 5.69 Å². The Labute approximate surface area is 131 Å². The lowest BCUT2D eigenvalue weighted by atomic mass is 10.1. The number of amides is 1. The van der Waals surface area contributed by atoms with Crippen LogP contribution in [0.15, 0.2) is 42.5 Å². The van der Waals surface area contributed by atoms with Gasteiger partial charge in [-0.2, -0.15) is 5.26 Å². The van der Waals surface area contributed by atoms with E-state index in [1.807, 2.05) is 6.07 Å². The van der Waals surface area contributed by atoms with E-state index in [2.05, 4.69) is 5.32 Å². The fourth-order valence-electron chi connectivity index (χ4n) is 1.94. The topological polar surface area (TPSA) is 96.0 Å². The normalized spacial score (nSPS) is 9.91. The molecule has 1 N–H and O–H groups in total. The van der Waals surface area contributed by atoms with Crippen LogP contribution in [0.4, 0.5) is 15.8 Å². The van der Waals surface area contributed by atoms with E-state index in [9.17, 15) is 19.3 Å². The Morgan fingerprint density at radius 2 is 1.96 bits per heavy atom. The molecule has 0 aliphatic rings. The summed E-state index contributed by atoms with van der Waals surface area (Å²) in [6.07, 6.45) is 0.502. The van der Waals surface area contributed by atoms with Gasteiger partial charge in [-0.3, -0.25) is 14.9 Å². The van der Waals surface area contributed by atoms with E-state index in [0.29, 0.717) is 12.0 Å². The lowest BCUT2D eigenvalue weighted by Gasteiger charge is -2.06. The number of nitrogens with zero attached hydrogens (tertiary/aromatic N) is 2. The molecule has 0 bridgehead atoms. The van der Waals surface area contributed by atoms with Crippen LogP contribution in [0.1, 0.15) is 17.5 Å². The maximum Gasteiger partial charge on any atom is 0.271 e. The van der Waals surface area contributed by atoms with Gasteiger partial charge in [0.2, 0.25) is 5.91 Å². The highest BCUT2D eigenvalue weighted by Gasteiger charge is 2.13. The largest absolute Gasteiger partial charge is 0.323 e. The molecule has 0 radical (unpaired) electrons. The number of nitro groups is 1. The number of carbonyl (C=O) groups excluding carboxylic acids is 1. The van der Waals surface area contributed by atoms with Gasteiger partial charge in [-0.05, 0) is 30.2 Å². The summed E-state index contributed by atoms with van der Waals surface area (Å²) >= 11 is 0. The van der Waals surface area contributed by atoms with Gasteiger partial charge in [-0.25, -0.2) is 4.39 Å². The number of nitro benzene ring substituents is 1. The molecule has 7 heteroatoms. The zero-order chi connectivity index (χ0) is 16.8. The number of halogens is 1. The molecule has 0 aromatic heterocycles. The first-order valence-electron chi connectivity index (χ1n) is 6.72. The first-order valence-corrected chi connectivity index (χ1v) is 6.72. The molecule has 2 aromatic carbocycles. The van der Waals surface area contributed by atoms with Crippen LogP contribution in [0.5, 0.6) is 0 Å².